The zero-order valence-electron chi connectivity index (χ0n) is 16.0. The molecule has 0 saturated heterocycles. The van der Waals surface area contributed by atoms with Crippen molar-refractivity contribution in [2.24, 2.45) is 5.92 Å². The molecule has 0 unspecified atom stereocenters. The van der Waals surface area contributed by atoms with Gasteiger partial charge in [-0.2, -0.15) is 0 Å². The van der Waals surface area contributed by atoms with Crippen molar-refractivity contribution in [2.45, 2.75) is 33.7 Å². The molecular formula is C19H27N5O3. The number of hydrogen-bond acceptors (Lipinski definition) is 4. The van der Waals surface area contributed by atoms with Crippen molar-refractivity contribution in [3.05, 3.63) is 56.7 Å². The average molecular weight is 373 g/mol. The van der Waals surface area contributed by atoms with Crippen LogP contribution >= 0.6 is 0 Å². The maximum atomic E-state index is 12.5. The zero-order valence-corrected chi connectivity index (χ0v) is 16.0. The molecule has 0 fully saturated rings. The lowest BCUT2D eigenvalue weighted by Gasteiger charge is -2.25. The van der Waals surface area contributed by atoms with Crippen molar-refractivity contribution in [2.75, 3.05) is 23.7 Å². The van der Waals surface area contributed by atoms with Crippen molar-refractivity contribution >= 4 is 17.5 Å². The summed E-state index contributed by atoms with van der Waals surface area (Å²) in [6.07, 6.45) is 0.688. The third-order valence-corrected chi connectivity index (χ3v) is 4.17. The molecule has 8 heteroatoms. The summed E-state index contributed by atoms with van der Waals surface area (Å²) >= 11 is 0. The molecule has 0 saturated carbocycles. The van der Waals surface area contributed by atoms with Crippen LogP contribution in [0.25, 0.3) is 0 Å². The van der Waals surface area contributed by atoms with E-state index in [1.165, 1.54) is 9.47 Å². The summed E-state index contributed by atoms with van der Waals surface area (Å²) in [5, 5.41) is 2.70. The van der Waals surface area contributed by atoms with Gasteiger partial charge in [-0.1, -0.05) is 44.2 Å². The second-order valence-electron chi connectivity index (χ2n) is 6.73. The van der Waals surface area contributed by atoms with E-state index in [9.17, 15) is 14.4 Å². The second kappa shape index (κ2) is 9.07. The molecular weight excluding hydrogens is 346 g/mol. The molecule has 1 aromatic heterocycles. The van der Waals surface area contributed by atoms with Gasteiger partial charge < -0.3 is 11.1 Å². The lowest BCUT2D eigenvalue weighted by molar-refractivity contribution is 0.246. The number of benzene rings is 1. The Balaban J connectivity index is 2.52. The summed E-state index contributed by atoms with van der Waals surface area (Å²) < 4.78 is 1.27. The van der Waals surface area contributed by atoms with Crippen LogP contribution in [-0.4, -0.2) is 28.7 Å². The molecule has 0 aliphatic carbocycles. The highest BCUT2D eigenvalue weighted by atomic mass is 16.2. The number of nitrogens with one attached hydrogen (secondary N) is 2. The molecule has 1 heterocycles. The van der Waals surface area contributed by atoms with E-state index in [2.05, 4.69) is 10.3 Å². The number of nitrogens with zero attached hydrogens (tertiary/aromatic N) is 2. The number of urea groups is 1. The quantitative estimate of drug-likeness (QED) is 0.686. The molecule has 1 aromatic carbocycles. The molecule has 27 heavy (non-hydrogen) atoms. The Morgan fingerprint density at radius 1 is 1.26 bits per heavy atom. The number of anilines is 2. The smallest absolute Gasteiger partial charge is 0.330 e. The molecule has 146 valence electrons. The molecule has 0 aliphatic heterocycles. The van der Waals surface area contributed by atoms with Crippen LogP contribution in [0.1, 0.15) is 32.8 Å². The van der Waals surface area contributed by atoms with Gasteiger partial charge in [-0.25, -0.2) is 9.59 Å². The van der Waals surface area contributed by atoms with E-state index in [0.717, 1.165) is 5.56 Å². The number of aromatic nitrogens is 2. The molecule has 2 aromatic rings. The van der Waals surface area contributed by atoms with Gasteiger partial charge in [-0.3, -0.25) is 19.2 Å². The summed E-state index contributed by atoms with van der Waals surface area (Å²) in [4.78, 5) is 40.9. The summed E-state index contributed by atoms with van der Waals surface area (Å²) in [5.74, 6) is 0.306. The van der Waals surface area contributed by atoms with Gasteiger partial charge in [0.25, 0.3) is 5.56 Å². The highest BCUT2D eigenvalue weighted by Crippen LogP contribution is 2.19. The Kier molecular flexibility index (Phi) is 6.81. The zero-order chi connectivity index (χ0) is 20.0. The van der Waals surface area contributed by atoms with Crippen LogP contribution in [0.5, 0.6) is 0 Å². The van der Waals surface area contributed by atoms with E-state index in [4.69, 9.17) is 5.73 Å². The van der Waals surface area contributed by atoms with Gasteiger partial charge in [-0.15, -0.1) is 0 Å². The van der Waals surface area contributed by atoms with E-state index in [0.29, 0.717) is 25.4 Å². The van der Waals surface area contributed by atoms with Crippen LogP contribution in [0.3, 0.4) is 0 Å². The first-order valence-electron chi connectivity index (χ1n) is 9.07. The number of aromatic amines is 1. The number of carbonyl (C=O) groups is 1. The Hall–Kier alpha value is -3.03. The van der Waals surface area contributed by atoms with Gasteiger partial charge in [0.2, 0.25) is 0 Å². The number of carbonyl (C=O) groups excluding carboxylic acids is 1. The Bertz CT molecular complexity index is 886. The van der Waals surface area contributed by atoms with E-state index in [1.807, 2.05) is 44.2 Å². The van der Waals surface area contributed by atoms with Crippen molar-refractivity contribution < 1.29 is 4.79 Å². The predicted octanol–water partition coefficient (Wildman–Crippen LogP) is 1.75. The topological polar surface area (TPSA) is 113 Å². The fourth-order valence-corrected chi connectivity index (χ4v) is 2.71. The maximum Gasteiger partial charge on any atom is 0.330 e. The fourth-order valence-electron chi connectivity index (χ4n) is 2.71. The van der Waals surface area contributed by atoms with Crippen LogP contribution in [0, 0.1) is 5.92 Å². The fraction of sp³-hybridized carbons (Fsp3) is 0.421. The van der Waals surface area contributed by atoms with Gasteiger partial charge >= 0.3 is 11.7 Å². The summed E-state index contributed by atoms with van der Waals surface area (Å²) in [5.41, 5.74) is 5.77. The minimum atomic E-state index is -0.670. The lowest BCUT2D eigenvalue weighted by atomic mass is 10.1. The van der Waals surface area contributed by atoms with E-state index < -0.39 is 17.3 Å². The number of nitrogens with two attached hydrogens (primary N) is 1. The standard InChI is InChI=1S/C19H27N5O3/c1-4-21-18(26)23(11-10-13(2)3)15-16(20)24(19(27)22-17(15)25)12-14-8-6-5-7-9-14/h5-9,13H,4,10-12,20H2,1-3H3,(H,21,26)(H,22,25,27). The van der Waals surface area contributed by atoms with E-state index in [1.54, 1.807) is 6.92 Å². The third kappa shape index (κ3) is 4.99. The summed E-state index contributed by atoms with van der Waals surface area (Å²) in [7, 11) is 0. The molecule has 0 radical (unpaired) electrons. The van der Waals surface area contributed by atoms with Crippen LogP contribution in [0.4, 0.5) is 16.3 Å². The Morgan fingerprint density at radius 3 is 2.52 bits per heavy atom. The molecule has 8 nitrogen and oxygen atoms in total. The molecule has 0 bridgehead atoms. The van der Waals surface area contributed by atoms with Crippen molar-refractivity contribution in [3.63, 3.8) is 0 Å². The Morgan fingerprint density at radius 2 is 1.93 bits per heavy atom. The number of H-pyrrole nitrogens is 1. The van der Waals surface area contributed by atoms with Gasteiger partial charge in [0.15, 0.2) is 5.69 Å². The Labute approximate surface area is 158 Å². The first kappa shape index (κ1) is 20.3. The number of hydrogen-bond donors (Lipinski definition) is 3. The van der Waals surface area contributed by atoms with Gasteiger partial charge in [0.05, 0.1) is 6.54 Å². The predicted molar refractivity (Wildman–Crippen MR) is 107 cm³/mol. The third-order valence-electron chi connectivity index (χ3n) is 4.17. The first-order valence-corrected chi connectivity index (χ1v) is 9.07. The lowest BCUT2D eigenvalue weighted by Crippen LogP contribution is -2.46. The summed E-state index contributed by atoms with van der Waals surface area (Å²) in [6, 6.07) is 8.88. The van der Waals surface area contributed by atoms with E-state index in [-0.39, 0.29) is 18.1 Å². The normalized spacial score (nSPS) is 10.8. The highest BCUT2D eigenvalue weighted by molar-refractivity contribution is 5.94. The average Bonchev–Trinajstić information content (AvgIpc) is 2.62. The van der Waals surface area contributed by atoms with Crippen LogP contribution in [-0.2, 0) is 6.54 Å². The summed E-state index contributed by atoms with van der Waals surface area (Å²) in [6.45, 7) is 6.78. The minimum Gasteiger partial charge on any atom is -0.383 e. The minimum absolute atomic E-state index is 0.00266. The maximum absolute atomic E-state index is 12.5. The second-order valence-corrected chi connectivity index (χ2v) is 6.73. The number of rotatable bonds is 7. The highest BCUT2D eigenvalue weighted by Gasteiger charge is 2.24. The van der Waals surface area contributed by atoms with Crippen molar-refractivity contribution in [1.29, 1.82) is 0 Å². The SMILES string of the molecule is CCNC(=O)N(CCC(C)C)c1c(N)n(Cc2ccccc2)c(=O)[nH]c1=O. The number of amides is 2. The van der Waals surface area contributed by atoms with Crippen LogP contribution in [0.15, 0.2) is 39.9 Å². The first-order chi connectivity index (χ1) is 12.8. The molecule has 0 spiro atoms. The van der Waals surface area contributed by atoms with Gasteiger partial charge in [-0.05, 0) is 24.8 Å². The van der Waals surface area contributed by atoms with Crippen LogP contribution < -0.4 is 27.2 Å². The monoisotopic (exact) mass is 373 g/mol. The van der Waals surface area contributed by atoms with Crippen LogP contribution in [0.2, 0.25) is 0 Å². The largest absolute Gasteiger partial charge is 0.383 e. The number of nitrogen functional groups attached to an aromatic ring is 1. The van der Waals surface area contributed by atoms with E-state index >= 15 is 0 Å². The molecule has 4 N–H and O–H groups in total. The van der Waals surface area contributed by atoms with Crippen molar-refractivity contribution in [3.8, 4) is 0 Å². The molecule has 0 aliphatic rings. The van der Waals surface area contributed by atoms with Gasteiger partial charge in [0, 0.05) is 13.1 Å². The molecule has 2 amide bonds. The van der Waals surface area contributed by atoms with Gasteiger partial charge in [0.1, 0.15) is 5.82 Å². The molecule has 0 atom stereocenters. The van der Waals surface area contributed by atoms with Crippen molar-refractivity contribution in [1.82, 2.24) is 14.9 Å². The molecule has 2 rings (SSSR count).